The zero-order valence-electron chi connectivity index (χ0n) is 37.4. The summed E-state index contributed by atoms with van der Waals surface area (Å²) < 4.78 is 16.7. The van der Waals surface area contributed by atoms with Crippen LogP contribution in [0.3, 0.4) is 0 Å². The standard InChI is InChI=1S/C49H94O6/c1-5-8-10-12-14-15-16-17-18-19-20-21-22-23-24-29-33-37-41-48(51)54-44-46(43-53-47(50)40-36-32-27-13-11-9-6-2)55-49(52)42-38-34-30-26-25-28-31-35-39-45(4)7-3/h45-46H,5-44H2,1-4H3/t45?,46-/m0/s1. The zero-order chi connectivity index (χ0) is 40.3. The second kappa shape index (κ2) is 43.5. The predicted octanol–water partition coefficient (Wildman–Crippen LogP) is 15.5. The topological polar surface area (TPSA) is 78.9 Å². The summed E-state index contributed by atoms with van der Waals surface area (Å²) in [7, 11) is 0. The number of unbranched alkanes of at least 4 members (excludes halogenated alkanes) is 30. The number of carbonyl (C=O) groups excluding carboxylic acids is 3. The molecule has 0 aliphatic heterocycles. The Morgan fingerprint density at radius 3 is 0.945 bits per heavy atom. The maximum Gasteiger partial charge on any atom is 0.306 e. The van der Waals surface area contributed by atoms with Gasteiger partial charge in [0.15, 0.2) is 6.10 Å². The van der Waals surface area contributed by atoms with E-state index in [0.29, 0.717) is 19.3 Å². The molecule has 6 nitrogen and oxygen atoms in total. The molecule has 0 aromatic rings. The predicted molar refractivity (Wildman–Crippen MR) is 233 cm³/mol. The molecular formula is C49H94O6. The Hall–Kier alpha value is -1.59. The van der Waals surface area contributed by atoms with E-state index in [-0.39, 0.29) is 31.1 Å². The SMILES string of the molecule is CCCCCCCCCCCCCCCCCCCCC(=O)OC[C@H](COC(=O)CCCCCCCCC)OC(=O)CCCCCCCCCCC(C)CC. The Morgan fingerprint density at radius 1 is 0.364 bits per heavy atom. The molecule has 0 heterocycles. The van der Waals surface area contributed by atoms with Crippen molar-refractivity contribution < 1.29 is 28.6 Å². The molecule has 0 spiro atoms. The Bertz CT molecular complexity index is 828. The van der Waals surface area contributed by atoms with Gasteiger partial charge in [0.1, 0.15) is 13.2 Å². The van der Waals surface area contributed by atoms with Gasteiger partial charge in [-0.25, -0.2) is 0 Å². The van der Waals surface area contributed by atoms with Crippen LogP contribution in [0.15, 0.2) is 0 Å². The molecule has 0 aliphatic carbocycles. The molecule has 0 aromatic carbocycles. The largest absolute Gasteiger partial charge is 0.462 e. The fourth-order valence-corrected chi connectivity index (χ4v) is 7.30. The van der Waals surface area contributed by atoms with Gasteiger partial charge in [0.25, 0.3) is 0 Å². The summed E-state index contributed by atoms with van der Waals surface area (Å²) in [6.07, 6.45) is 43.8. The van der Waals surface area contributed by atoms with E-state index >= 15 is 0 Å². The highest BCUT2D eigenvalue weighted by Gasteiger charge is 2.19. The summed E-state index contributed by atoms with van der Waals surface area (Å²) in [5.41, 5.74) is 0. The summed E-state index contributed by atoms with van der Waals surface area (Å²) in [6.45, 7) is 8.98. The molecule has 0 rings (SSSR count). The van der Waals surface area contributed by atoms with Crippen LogP contribution in [0, 0.1) is 5.92 Å². The molecule has 55 heavy (non-hydrogen) atoms. The monoisotopic (exact) mass is 779 g/mol. The molecule has 1 unspecified atom stereocenters. The van der Waals surface area contributed by atoms with Crippen LogP contribution < -0.4 is 0 Å². The second-order valence-corrected chi connectivity index (χ2v) is 17.0. The van der Waals surface area contributed by atoms with Crippen molar-refractivity contribution in [1.29, 1.82) is 0 Å². The third-order valence-corrected chi connectivity index (χ3v) is 11.4. The Kier molecular flexibility index (Phi) is 42.3. The van der Waals surface area contributed by atoms with Crippen LogP contribution in [-0.2, 0) is 28.6 Å². The third kappa shape index (κ3) is 41.9. The molecule has 0 saturated heterocycles. The van der Waals surface area contributed by atoms with E-state index < -0.39 is 6.10 Å². The summed E-state index contributed by atoms with van der Waals surface area (Å²) in [4.78, 5) is 37.7. The maximum atomic E-state index is 12.7. The highest BCUT2D eigenvalue weighted by molar-refractivity contribution is 5.71. The molecule has 0 N–H and O–H groups in total. The number of hydrogen-bond acceptors (Lipinski definition) is 6. The highest BCUT2D eigenvalue weighted by Crippen LogP contribution is 2.17. The van der Waals surface area contributed by atoms with E-state index in [9.17, 15) is 14.4 Å². The van der Waals surface area contributed by atoms with E-state index in [1.54, 1.807) is 0 Å². The van der Waals surface area contributed by atoms with Crippen LogP contribution in [-0.4, -0.2) is 37.2 Å². The number of hydrogen-bond donors (Lipinski definition) is 0. The fraction of sp³-hybridized carbons (Fsp3) is 0.939. The molecule has 0 fully saturated rings. The van der Waals surface area contributed by atoms with Crippen LogP contribution in [0.2, 0.25) is 0 Å². The number of rotatable bonds is 44. The van der Waals surface area contributed by atoms with Crippen molar-refractivity contribution in [2.75, 3.05) is 13.2 Å². The van der Waals surface area contributed by atoms with Gasteiger partial charge in [-0.1, -0.05) is 233 Å². The first kappa shape index (κ1) is 53.4. The molecule has 6 heteroatoms. The van der Waals surface area contributed by atoms with Crippen molar-refractivity contribution in [3.05, 3.63) is 0 Å². The Balaban J connectivity index is 4.19. The van der Waals surface area contributed by atoms with E-state index in [4.69, 9.17) is 14.2 Å². The summed E-state index contributed by atoms with van der Waals surface area (Å²) in [5.74, 6) is -0.0131. The van der Waals surface area contributed by atoms with Crippen molar-refractivity contribution in [1.82, 2.24) is 0 Å². The second-order valence-electron chi connectivity index (χ2n) is 17.0. The minimum Gasteiger partial charge on any atom is -0.462 e. The number of esters is 3. The van der Waals surface area contributed by atoms with E-state index in [1.807, 2.05) is 0 Å². The van der Waals surface area contributed by atoms with Crippen molar-refractivity contribution in [3.63, 3.8) is 0 Å². The number of ether oxygens (including phenoxy) is 3. The smallest absolute Gasteiger partial charge is 0.306 e. The van der Waals surface area contributed by atoms with Crippen LogP contribution in [0.4, 0.5) is 0 Å². The van der Waals surface area contributed by atoms with Gasteiger partial charge in [-0.15, -0.1) is 0 Å². The molecule has 0 radical (unpaired) electrons. The molecule has 326 valence electrons. The molecule has 2 atom stereocenters. The van der Waals surface area contributed by atoms with E-state index in [0.717, 1.165) is 63.7 Å². The van der Waals surface area contributed by atoms with Crippen LogP contribution >= 0.6 is 0 Å². The first-order chi connectivity index (χ1) is 26.9. The zero-order valence-corrected chi connectivity index (χ0v) is 37.4. The quantitative estimate of drug-likeness (QED) is 0.0348. The Morgan fingerprint density at radius 2 is 0.636 bits per heavy atom. The Labute approximate surface area is 342 Å². The van der Waals surface area contributed by atoms with E-state index in [2.05, 4.69) is 27.7 Å². The summed E-state index contributed by atoms with van der Waals surface area (Å²) in [6, 6.07) is 0. The molecule has 0 saturated carbocycles. The van der Waals surface area contributed by atoms with Crippen LogP contribution in [0.5, 0.6) is 0 Å². The van der Waals surface area contributed by atoms with Gasteiger partial charge in [-0.2, -0.15) is 0 Å². The lowest BCUT2D eigenvalue weighted by Crippen LogP contribution is -2.30. The van der Waals surface area contributed by atoms with E-state index in [1.165, 1.54) is 167 Å². The summed E-state index contributed by atoms with van der Waals surface area (Å²) in [5, 5.41) is 0. The number of carbonyl (C=O) groups is 3. The lowest BCUT2D eigenvalue weighted by Gasteiger charge is -2.18. The van der Waals surface area contributed by atoms with Gasteiger partial charge in [-0.05, 0) is 25.2 Å². The van der Waals surface area contributed by atoms with Crippen LogP contribution in [0.1, 0.15) is 272 Å². The molecular weight excluding hydrogens is 685 g/mol. The van der Waals surface area contributed by atoms with Gasteiger partial charge < -0.3 is 14.2 Å². The molecule has 0 bridgehead atoms. The summed E-state index contributed by atoms with van der Waals surface area (Å²) >= 11 is 0. The lowest BCUT2D eigenvalue weighted by molar-refractivity contribution is -0.167. The first-order valence-corrected chi connectivity index (χ1v) is 24.4. The van der Waals surface area contributed by atoms with Crippen molar-refractivity contribution >= 4 is 17.9 Å². The minimum absolute atomic E-state index is 0.0641. The molecule has 0 amide bonds. The van der Waals surface area contributed by atoms with Gasteiger partial charge in [0.2, 0.25) is 0 Å². The minimum atomic E-state index is -0.759. The molecule has 0 aromatic heterocycles. The lowest BCUT2D eigenvalue weighted by atomic mass is 9.99. The normalized spacial score (nSPS) is 12.4. The van der Waals surface area contributed by atoms with Gasteiger partial charge in [0.05, 0.1) is 0 Å². The van der Waals surface area contributed by atoms with Crippen LogP contribution in [0.25, 0.3) is 0 Å². The van der Waals surface area contributed by atoms with Crippen molar-refractivity contribution in [3.8, 4) is 0 Å². The van der Waals surface area contributed by atoms with Crippen molar-refractivity contribution in [2.24, 2.45) is 5.92 Å². The van der Waals surface area contributed by atoms with Gasteiger partial charge in [0, 0.05) is 19.3 Å². The molecule has 0 aliphatic rings. The average Bonchev–Trinajstić information content (AvgIpc) is 3.18. The van der Waals surface area contributed by atoms with Crippen molar-refractivity contribution in [2.45, 2.75) is 278 Å². The maximum absolute atomic E-state index is 12.7. The van der Waals surface area contributed by atoms with Gasteiger partial charge in [-0.3, -0.25) is 14.4 Å². The average molecular weight is 779 g/mol. The van der Waals surface area contributed by atoms with Gasteiger partial charge >= 0.3 is 17.9 Å². The highest BCUT2D eigenvalue weighted by atomic mass is 16.6. The first-order valence-electron chi connectivity index (χ1n) is 24.4. The fourth-order valence-electron chi connectivity index (χ4n) is 7.30. The third-order valence-electron chi connectivity index (χ3n) is 11.4.